The molecule has 0 bridgehead atoms. The van der Waals surface area contributed by atoms with Crippen LogP contribution in [0.25, 0.3) is 0 Å². The fourth-order valence-electron chi connectivity index (χ4n) is 2.19. The maximum atomic E-state index is 4.51. The number of nitrogens with one attached hydrogen (secondary N) is 1. The second-order valence-electron chi connectivity index (χ2n) is 4.02. The second kappa shape index (κ2) is 4.13. The molecule has 1 unspecified atom stereocenters. The molecular weight excluding hydrogens is 174 g/mol. The van der Waals surface area contributed by atoms with Gasteiger partial charge in [-0.05, 0) is 25.8 Å². The highest BCUT2D eigenvalue weighted by molar-refractivity contribution is 5.08. The van der Waals surface area contributed by atoms with Crippen molar-refractivity contribution in [1.82, 2.24) is 14.9 Å². The summed E-state index contributed by atoms with van der Waals surface area (Å²) in [7, 11) is 2.12. The summed E-state index contributed by atoms with van der Waals surface area (Å²) < 4.78 is 2.24. The number of aromatic nitrogens is 2. The van der Waals surface area contributed by atoms with Crippen LogP contribution < -0.4 is 5.32 Å². The molecule has 1 fully saturated rings. The molecule has 0 aliphatic carbocycles. The van der Waals surface area contributed by atoms with Crippen LogP contribution in [0.1, 0.15) is 43.7 Å². The first kappa shape index (κ1) is 9.71. The highest BCUT2D eigenvalue weighted by Crippen LogP contribution is 2.22. The zero-order valence-electron chi connectivity index (χ0n) is 9.08. The summed E-state index contributed by atoms with van der Waals surface area (Å²) in [5, 5.41) is 3.53. The largest absolute Gasteiger partial charge is 0.334 e. The van der Waals surface area contributed by atoms with Crippen molar-refractivity contribution in [3.63, 3.8) is 0 Å². The van der Waals surface area contributed by atoms with Gasteiger partial charge in [-0.2, -0.15) is 0 Å². The summed E-state index contributed by atoms with van der Waals surface area (Å²) in [5.41, 5.74) is 1.33. The monoisotopic (exact) mass is 193 g/mol. The summed E-state index contributed by atoms with van der Waals surface area (Å²) >= 11 is 0. The minimum Gasteiger partial charge on any atom is -0.334 e. The van der Waals surface area contributed by atoms with Crippen LogP contribution >= 0.6 is 0 Å². The van der Waals surface area contributed by atoms with Gasteiger partial charge < -0.3 is 9.88 Å². The summed E-state index contributed by atoms with van der Waals surface area (Å²) in [6, 6.07) is 0.481. The Labute approximate surface area is 85.5 Å². The van der Waals surface area contributed by atoms with E-state index in [1.807, 2.05) is 6.20 Å². The Morgan fingerprint density at radius 1 is 1.57 bits per heavy atom. The first-order valence-electron chi connectivity index (χ1n) is 5.56. The molecule has 3 heteroatoms. The highest BCUT2D eigenvalue weighted by atomic mass is 15.1. The van der Waals surface area contributed by atoms with Crippen LogP contribution in [0, 0.1) is 0 Å². The maximum absolute atomic E-state index is 4.51. The standard InChI is InChI=1S/C11H19N3/c1-3-9-8-13-11(14(9)2)10-6-4-5-7-12-10/h8,10,12H,3-7H2,1-2H3. The van der Waals surface area contributed by atoms with Crippen LogP contribution in [0.15, 0.2) is 6.20 Å². The van der Waals surface area contributed by atoms with Gasteiger partial charge in [0.2, 0.25) is 0 Å². The number of imidazole rings is 1. The lowest BCUT2D eigenvalue weighted by atomic mass is 10.0. The molecule has 1 saturated heterocycles. The smallest absolute Gasteiger partial charge is 0.125 e. The molecule has 0 spiro atoms. The Balaban J connectivity index is 2.18. The second-order valence-corrected chi connectivity index (χ2v) is 4.02. The molecule has 1 aliphatic rings. The van der Waals surface area contributed by atoms with E-state index in [0.29, 0.717) is 6.04 Å². The molecule has 1 aliphatic heterocycles. The van der Waals surface area contributed by atoms with E-state index < -0.39 is 0 Å². The van der Waals surface area contributed by atoms with Gasteiger partial charge in [0.05, 0.1) is 6.04 Å². The van der Waals surface area contributed by atoms with Gasteiger partial charge in [0.15, 0.2) is 0 Å². The zero-order chi connectivity index (χ0) is 9.97. The molecule has 1 aromatic rings. The van der Waals surface area contributed by atoms with Crippen molar-refractivity contribution in [1.29, 1.82) is 0 Å². The zero-order valence-corrected chi connectivity index (χ0v) is 9.08. The predicted molar refractivity (Wildman–Crippen MR) is 57.2 cm³/mol. The predicted octanol–water partition coefficient (Wildman–Crippen LogP) is 1.80. The molecule has 3 nitrogen and oxygen atoms in total. The van der Waals surface area contributed by atoms with Crippen molar-refractivity contribution in [2.45, 2.75) is 38.6 Å². The number of hydrogen-bond donors (Lipinski definition) is 1. The molecule has 78 valence electrons. The van der Waals surface area contributed by atoms with E-state index in [0.717, 1.165) is 13.0 Å². The number of aryl methyl sites for hydroxylation is 1. The molecule has 2 heterocycles. The van der Waals surface area contributed by atoms with Gasteiger partial charge in [0, 0.05) is 18.9 Å². The molecule has 0 amide bonds. The van der Waals surface area contributed by atoms with E-state index >= 15 is 0 Å². The Hall–Kier alpha value is -0.830. The van der Waals surface area contributed by atoms with Gasteiger partial charge in [0.1, 0.15) is 5.82 Å². The van der Waals surface area contributed by atoms with Gasteiger partial charge in [-0.25, -0.2) is 4.98 Å². The Bertz CT molecular complexity index is 297. The van der Waals surface area contributed by atoms with Gasteiger partial charge >= 0.3 is 0 Å². The lowest BCUT2D eigenvalue weighted by Gasteiger charge is -2.23. The third-order valence-electron chi connectivity index (χ3n) is 3.10. The average Bonchev–Trinajstić information content (AvgIpc) is 2.61. The van der Waals surface area contributed by atoms with Crippen molar-refractivity contribution in [2.24, 2.45) is 7.05 Å². The molecule has 1 aromatic heterocycles. The van der Waals surface area contributed by atoms with Crippen LogP contribution in [0.4, 0.5) is 0 Å². The van der Waals surface area contributed by atoms with Gasteiger partial charge in [-0.1, -0.05) is 13.3 Å². The lowest BCUT2D eigenvalue weighted by Crippen LogP contribution is -2.29. The lowest BCUT2D eigenvalue weighted by molar-refractivity contribution is 0.389. The topological polar surface area (TPSA) is 29.9 Å². The number of piperidine rings is 1. The summed E-state index contributed by atoms with van der Waals surface area (Å²) in [4.78, 5) is 4.51. The summed E-state index contributed by atoms with van der Waals surface area (Å²) in [6.45, 7) is 3.31. The third-order valence-corrected chi connectivity index (χ3v) is 3.10. The molecule has 0 radical (unpaired) electrons. The average molecular weight is 193 g/mol. The van der Waals surface area contributed by atoms with E-state index in [2.05, 4.69) is 28.8 Å². The Morgan fingerprint density at radius 2 is 2.43 bits per heavy atom. The van der Waals surface area contributed by atoms with Crippen LogP contribution in [0.3, 0.4) is 0 Å². The van der Waals surface area contributed by atoms with E-state index in [9.17, 15) is 0 Å². The van der Waals surface area contributed by atoms with Crippen LogP contribution in [0.5, 0.6) is 0 Å². The van der Waals surface area contributed by atoms with E-state index in [1.165, 1.54) is 30.8 Å². The van der Waals surface area contributed by atoms with Crippen molar-refractivity contribution in [3.8, 4) is 0 Å². The summed E-state index contributed by atoms with van der Waals surface area (Å²) in [5.74, 6) is 1.21. The van der Waals surface area contributed by atoms with Crippen molar-refractivity contribution >= 4 is 0 Å². The first-order chi connectivity index (χ1) is 6.83. The minimum atomic E-state index is 0.481. The molecule has 14 heavy (non-hydrogen) atoms. The van der Waals surface area contributed by atoms with Crippen LogP contribution in [-0.4, -0.2) is 16.1 Å². The Kier molecular flexibility index (Phi) is 2.87. The van der Waals surface area contributed by atoms with Gasteiger partial charge in [-0.15, -0.1) is 0 Å². The Morgan fingerprint density at radius 3 is 3.00 bits per heavy atom. The van der Waals surface area contributed by atoms with Crippen LogP contribution in [-0.2, 0) is 13.5 Å². The quantitative estimate of drug-likeness (QED) is 0.776. The maximum Gasteiger partial charge on any atom is 0.125 e. The molecule has 0 saturated carbocycles. The fraction of sp³-hybridized carbons (Fsp3) is 0.727. The highest BCUT2D eigenvalue weighted by Gasteiger charge is 2.19. The molecule has 1 atom stereocenters. The first-order valence-corrected chi connectivity index (χ1v) is 5.56. The number of rotatable bonds is 2. The molecule has 2 rings (SSSR count). The third kappa shape index (κ3) is 1.69. The van der Waals surface area contributed by atoms with Crippen LogP contribution in [0.2, 0.25) is 0 Å². The number of nitrogens with zero attached hydrogens (tertiary/aromatic N) is 2. The van der Waals surface area contributed by atoms with E-state index in [1.54, 1.807) is 0 Å². The van der Waals surface area contributed by atoms with Crippen molar-refractivity contribution < 1.29 is 0 Å². The normalized spacial score (nSPS) is 22.6. The molecule has 1 N–H and O–H groups in total. The fourth-order valence-corrected chi connectivity index (χ4v) is 2.19. The van der Waals surface area contributed by atoms with Gasteiger partial charge in [-0.3, -0.25) is 0 Å². The van der Waals surface area contributed by atoms with Crippen molar-refractivity contribution in [2.75, 3.05) is 6.54 Å². The van der Waals surface area contributed by atoms with E-state index in [-0.39, 0.29) is 0 Å². The minimum absolute atomic E-state index is 0.481. The summed E-state index contributed by atoms with van der Waals surface area (Å²) in [6.07, 6.45) is 6.93. The SMILES string of the molecule is CCc1cnc(C2CCCCN2)n1C. The molecular formula is C11H19N3. The molecule has 0 aromatic carbocycles. The van der Waals surface area contributed by atoms with E-state index in [4.69, 9.17) is 0 Å². The number of hydrogen-bond acceptors (Lipinski definition) is 2. The van der Waals surface area contributed by atoms with Gasteiger partial charge in [0.25, 0.3) is 0 Å². The van der Waals surface area contributed by atoms with Crippen molar-refractivity contribution in [3.05, 3.63) is 17.7 Å².